The van der Waals surface area contributed by atoms with Gasteiger partial charge in [-0.3, -0.25) is 4.79 Å². The van der Waals surface area contributed by atoms with Crippen LogP contribution in [0.15, 0.2) is 12.2 Å². The number of alkyl halides is 3. The van der Waals surface area contributed by atoms with E-state index in [2.05, 4.69) is 23.8 Å². The quantitative estimate of drug-likeness (QED) is 0.165. The highest BCUT2D eigenvalue weighted by Crippen LogP contribution is 2.15. The predicted octanol–water partition coefficient (Wildman–Crippen LogP) is 7.13. The lowest BCUT2D eigenvalue weighted by molar-refractivity contribution is -0.186. The third kappa shape index (κ3) is 21.0. The fourth-order valence-corrected chi connectivity index (χ4v) is 2.57. The maximum Gasteiger partial charge on any atom is 0.422 e. The summed E-state index contributed by atoms with van der Waals surface area (Å²) in [5, 5.41) is 0. The summed E-state index contributed by atoms with van der Waals surface area (Å²) in [7, 11) is 0. The molecular formula is C20H35F3O2. The van der Waals surface area contributed by atoms with Crippen LogP contribution in [0.4, 0.5) is 13.2 Å². The molecular weight excluding hydrogens is 329 g/mol. The van der Waals surface area contributed by atoms with Crippen molar-refractivity contribution in [2.45, 2.75) is 103 Å². The van der Waals surface area contributed by atoms with Crippen LogP contribution < -0.4 is 0 Å². The average molecular weight is 364 g/mol. The molecule has 0 rings (SSSR count). The Kier molecular flexibility index (Phi) is 15.8. The van der Waals surface area contributed by atoms with E-state index in [4.69, 9.17) is 0 Å². The molecule has 0 aromatic heterocycles. The van der Waals surface area contributed by atoms with Gasteiger partial charge in [-0.05, 0) is 32.1 Å². The van der Waals surface area contributed by atoms with E-state index in [9.17, 15) is 18.0 Å². The van der Waals surface area contributed by atoms with Crippen molar-refractivity contribution < 1.29 is 22.7 Å². The van der Waals surface area contributed by atoms with Crippen LogP contribution in [0.2, 0.25) is 0 Å². The van der Waals surface area contributed by atoms with Gasteiger partial charge in [0.25, 0.3) is 0 Å². The van der Waals surface area contributed by atoms with Crippen molar-refractivity contribution in [1.82, 2.24) is 0 Å². The van der Waals surface area contributed by atoms with Gasteiger partial charge in [-0.15, -0.1) is 0 Å². The van der Waals surface area contributed by atoms with Crippen LogP contribution in [0.1, 0.15) is 96.8 Å². The molecule has 0 aliphatic heterocycles. The lowest BCUT2D eigenvalue weighted by Crippen LogP contribution is -2.20. The smallest absolute Gasteiger partial charge is 0.422 e. The average Bonchev–Trinajstić information content (AvgIpc) is 2.56. The van der Waals surface area contributed by atoms with Crippen molar-refractivity contribution in [3.63, 3.8) is 0 Å². The number of esters is 1. The van der Waals surface area contributed by atoms with Crippen LogP contribution in [0.5, 0.6) is 0 Å². The Hall–Kier alpha value is -1.00. The third-order valence-corrected chi connectivity index (χ3v) is 4.04. The molecule has 0 N–H and O–H groups in total. The van der Waals surface area contributed by atoms with Crippen LogP contribution in [-0.2, 0) is 9.53 Å². The summed E-state index contributed by atoms with van der Waals surface area (Å²) in [6, 6.07) is 0. The topological polar surface area (TPSA) is 26.3 Å². The molecule has 0 unspecified atom stereocenters. The number of rotatable bonds is 16. The number of ether oxygens (including phenoxy) is 1. The van der Waals surface area contributed by atoms with Gasteiger partial charge < -0.3 is 4.74 Å². The van der Waals surface area contributed by atoms with E-state index in [-0.39, 0.29) is 6.42 Å². The van der Waals surface area contributed by atoms with Crippen LogP contribution >= 0.6 is 0 Å². The SMILES string of the molecule is CCCCCCCCC=CCCCCCCCC(=O)OCC(F)(F)F. The highest BCUT2D eigenvalue weighted by Gasteiger charge is 2.29. The Balaban J connectivity index is 3.25. The molecule has 0 saturated heterocycles. The first kappa shape index (κ1) is 24.0. The lowest BCUT2D eigenvalue weighted by atomic mass is 10.1. The molecule has 148 valence electrons. The zero-order valence-corrected chi connectivity index (χ0v) is 15.7. The van der Waals surface area contributed by atoms with Crippen LogP contribution in [0.25, 0.3) is 0 Å². The van der Waals surface area contributed by atoms with Gasteiger partial charge in [0.15, 0.2) is 6.61 Å². The van der Waals surface area contributed by atoms with Crippen molar-refractivity contribution in [2.24, 2.45) is 0 Å². The molecule has 0 aromatic carbocycles. The number of hydrogen-bond acceptors (Lipinski definition) is 2. The van der Waals surface area contributed by atoms with Gasteiger partial charge in [-0.2, -0.15) is 13.2 Å². The molecule has 0 aliphatic rings. The fraction of sp³-hybridized carbons (Fsp3) is 0.850. The Bertz CT molecular complexity index is 338. The minimum Gasteiger partial charge on any atom is -0.456 e. The molecule has 0 bridgehead atoms. The lowest BCUT2D eigenvalue weighted by Gasteiger charge is -2.07. The molecule has 2 nitrogen and oxygen atoms in total. The highest BCUT2D eigenvalue weighted by molar-refractivity contribution is 5.69. The number of carbonyl (C=O) groups is 1. The largest absolute Gasteiger partial charge is 0.456 e. The van der Waals surface area contributed by atoms with Gasteiger partial charge in [0.1, 0.15) is 0 Å². The van der Waals surface area contributed by atoms with E-state index in [1.807, 2.05) is 0 Å². The van der Waals surface area contributed by atoms with E-state index < -0.39 is 18.8 Å². The third-order valence-electron chi connectivity index (χ3n) is 4.04. The van der Waals surface area contributed by atoms with E-state index in [0.29, 0.717) is 6.42 Å². The Morgan fingerprint density at radius 3 is 1.80 bits per heavy atom. The van der Waals surface area contributed by atoms with Crippen molar-refractivity contribution in [3.8, 4) is 0 Å². The van der Waals surface area contributed by atoms with E-state index in [0.717, 1.165) is 32.1 Å². The van der Waals surface area contributed by atoms with E-state index in [1.54, 1.807) is 0 Å². The first-order valence-electron chi connectivity index (χ1n) is 9.83. The minimum absolute atomic E-state index is 0.0776. The molecule has 5 heteroatoms. The number of halogens is 3. The molecule has 0 aromatic rings. The molecule has 25 heavy (non-hydrogen) atoms. The van der Waals surface area contributed by atoms with Crippen LogP contribution in [0.3, 0.4) is 0 Å². The molecule has 0 saturated carbocycles. The first-order valence-corrected chi connectivity index (χ1v) is 9.83. The summed E-state index contributed by atoms with van der Waals surface area (Å²) >= 11 is 0. The Morgan fingerprint density at radius 1 is 0.800 bits per heavy atom. The van der Waals surface area contributed by atoms with Crippen molar-refractivity contribution >= 4 is 5.97 Å². The van der Waals surface area contributed by atoms with Gasteiger partial charge in [0, 0.05) is 6.42 Å². The fourth-order valence-electron chi connectivity index (χ4n) is 2.57. The maximum absolute atomic E-state index is 11.9. The summed E-state index contributed by atoms with van der Waals surface area (Å²) in [5.74, 6) is -0.755. The molecule has 0 atom stereocenters. The second-order valence-corrected chi connectivity index (χ2v) is 6.61. The number of hydrogen-bond donors (Lipinski definition) is 0. The standard InChI is InChI=1S/C20H35F3O2/c1-2-3-4-5-6-7-8-9-10-11-12-13-14-15-16-17-19(24)25-18-20(21,22)23/h9-10H,2-8,11-18H2,1H3. The summed E-state index contributed by atoms with van der Waals surface area (Å²) in [6.45, 7) is 0.756. The number of allylic oxidation sites excluding steroid dienone is 2. The van der Waals surface area contributed by atoms with E-state index in [1.165, 1.54) is 44.9 Å². The zero-order valence-electron chi connectivity index (χ0n) is 15.7. The van der Waals surface area contributed by atoms with E-state index >= 15 is 0 Å². The Labute approximate surface area is 151 Å². The molecule has 0 fully saturated rings. The van der Waals surface area contributed by atoms with Crippen molar-refractivity contribution in [3.05, 3.63) is 12.2 Å². The summed E-state index contributed by atoms with van der Waals surface area (Å²) in [6.07, 6.45) is 15.1. The predicted molar refractivity (Wildman–Crippen MR) is 96.5 cm³/mol. The van der Waals surface area contributed by atoms with Crippen LogP contribution in [0, 0.1) is 0 Å². The number of unbranched alkanes of at least 4 members (excludes halogenated alkanes) is 11. The summed E-state index contributed by atoms with van der Waals surface area (Å²) in [5.41, 5.74) is 0. The van der Waals surface area contributed by atoms with Crippen molar-refractivity contribution in [2.75, 3.05) is 6.61 Å². The van der Waals surface area contributed by atoms with Gasteiger partial charge in [0.05, 0.1) is 0 Å². The minimum atomic E-state index is -4.43. The normalized spacial score (nSPS) is 12.0. The van der Waals surface area contributed by atoms with Crippen molar-refractivity contribution in [1.29, 1.82) is 0 Å². The van der Waals surface area contributed by atoms with Gasteiger partial charge >= 0.3 is 12.1 Å². The molecule has 0 heterocycles. The van der Waals surface area contributed by atoms with Gasteiger partial charge in [-0.1, -0.05) is 70.4 Å². The zero-order chi connectivity index (χ0) is 18.8. The Morgan fingerprint density at radius 2 is 1.28 bits per heavy atom. The monoisotopic (exact) mass is 364 g/mol. The second kappa shape index (κ2) is 16.5. The van der Waals surface area contributed by atoms with Gasteiger partial charge in [0.2, 0.25) is 0 Å². The first-order chi connectivity index (χ1) is 12.0. The molecule has 0 amide bonds. The maximum atomic E-state index is 11.9. The molecule has 0 aliphatic carbocycles. The van der Waals surface area contributed by atoms with Gasteiger partial charge in [-0.25, -0.2) is 0 Å². The summed E-state index contributed by atoms with van der Waals surface area (Å²) < 4.78 is 39.7. The molecule has 0 spiro atoms. The molecule has 0 radical (unpaired) electrons. The van der Waals surface area contributed by atoms with Crippen LogP contribution in [-0.4, -0.2) is 18.8 Å². The number of carbonyl (C=O) groups excluding carboxylic acids is 1. The summed E-state index contributed by atoms with van der Waals surface area (Å²) in [4.78, 5) is 11.1. The second-order valence-electron chi connectivity index (χ2n) is 6.61. The highest BCUT2D eigenvalue weighted by atomic mass is 19.4.